The van der Waals surface area contributed by atoms with Gasteiger partial charge < -0.3 is 0 Å². The monoisotopic (exact) mass is 626 g/mol. The third-order valence-electron chi connectivity index (χ3n) is 10.5. The van der Waals surface area contributed by atoms with E-state index in [1.165, 1.54) is 65.7 Å². The van der Waals surface area contributed by atoms with E-state index in [4.69, 9.17) is 9.97 Å². The maximum Gasteiger partial charge on any atom is 0.0717 e. The molecular formula is C45H30N4. The van der Waals surface area contributed by atoms with E-state index in [-0.39, 0.29) is 5.41 Å². The molecule has 0 saturated heterocycles. The van der Waals surface area contributed by atoms with Gasteiger partial charge in [0.2, 0.25) is 0 Å². The molecule has 0 N–H and O–H groups in total. The van der Waals surface area contributed by atoms with Gasteiger partial charge in [-0.1, -0.05) is 74.5 Å². The summed E-state index contributed by atoms with van der Waals surface area (Å²) in [6, 6.07) is 39.7. The zero-order valence-corrected chi connectivity index (χ0v) is 27.1. The van der Waals surface area contributed by atoms with E-state index in [1.807, 2.05) is 49.1 Å². The minimum Gasteiger partial charge on any atom is -0.264 e. The molecule has 4 nitrogen and oxygen atoms in total. The molecule has 1 aliphatic carbocycles. The summed E-state index contributed by atoms with van der Waals surface area (Å²) in [6.07, 6.45) is 11.3. The zero-order chi connectivity index (χ0) is 32.7. The lowest BCUT2D eigenvalue weighted by atomic mass is 9.80. The molecule has 1 aliphatic rings. The predicted molar refractivity (Wildman–Crippen MR) is 201 cm³/mol. The van der Waals surface area contributed by atoms with Gasteiger partial charge in [0.1, 0.15) is 0 Å². The number of hydrogen-bond donors (Lipinski definition) is 0. The smallest absolute Gasteiger partial charge is 0.0717 e. The van der Waals surface area contributed by atoms with Crippen molar-refractivity contribution in [2.75, 3.05) is 0 Å². The third-order valence-corrected chi connectivity index (χ3v) is 10.5. The third kappa shape index (κ3) is 4.17. The highest BCUT2D eigenvalue weighted by molar-refractivity contribution is 6.28. The maximum absolute atomic E-state index is 4.82. The van der Waals surface area contributed by atoms with Gasteiger partial charge in [0.25, 0.3) is 0 Å². The Kier molecular flexibility index (Phi) is 5.89. The van der Waals surface area contributed by atoms with Crippen LogP contribution in [0, 0.1) is 0 Å². The highest BCUT2D eigenvalue weighted by Gasteiger charge is 2.37. The predicted octanol–water partition coefficient (Wildman–Crippen LogP) is 11.1. The number of nitrogens with zero attached hydrogens (tertiary/aromatic N) is 4. The van der Waals surface area contributed by atoms with Crippen molar-refractivity contribution in [3.63, 3.8) is 0 Å². The van der Waals surface area contributed by atoms with E-state index in [0.29, 0.717) is 0 Å². The second-order valence-corrected chi connectivity index (χ2v) is 13.6. The van der Waals surface area contributed by atoms with Crippen LogP contribution in [-0.2, 0) is 5.41 Å². The Labute approximate surface area is 284 Å². The average molecular weight is 627 g/mol. The van der Waals surface area contributed by atoms with Gasteiger partial charge >= 0.3 is 0 Å². The Bertz CT molecular complexity index is 2700. The van der Waals surface area contributed by atoms with Crippen molar-refractivity contribution in [2.24, 2.45) is 0 Å². The molecule has 0 spiro atoms. The largest absolute Gasteiger partial charge is 0.264 e. The van der Waals surface area contributed by atoms with Gasteiger partial charge in [-0.05, 0) is 114 Å². The Balaban J connectivity index is 1.10. The molecule has 4 heteroatoms. The first-order valence-corrected chi connectivity index (χ1v) is 16.7. The summed E-state index contributed by atoms with van der Waals surface area (Å²) >= 11 is 0. The van der Waals surface area contributed by atoms with E-state index in [9.17, 15) is 0 Å². The summed E-state index contributed by atoms with van der Waals surface area (Å²) in [6.45, 7) is 4.73. The fourth-order valence-electron chi connectivity index (χ4n) is 8.00. The molecule has 0 fully saturated rings. The molecule has 4 heterocycles. The zero-order valence-electron chi connectivity index (χ0n) is 27.1. The van der Waals surface area contributed by atoms with Gasteiger partial charge in [0, 0.05) is 64.8 Å². The molecule has 0 bridgehead atoms. The Morgan fingerprint density at radius 2 is 1.06 bits per heavy atom. The van der Waals surface area contributed by atoms with Crippen molar-refractivity contribution in [1.29, 1.82) is 0 Å². The van der Waals surface area contributed by atoms with Crippen LogP contribution in [0.5, 0.6) is 0 Å². The average Bonchev–Trinajstić information content (AvgIpc) is 3.39. The van der Waals surface area contributed by atoms with Gasteiger partial charge in [-0.2, -0.15) is 0 Å². The van der Waals surface area contributed by atoms with Gasteiger partial charge in [-0.3, -0.25) is 19.9 Å². The van der Waals surface area contributed by atoms with E-state index in [1.54, 1.807) is 12.4 Å². The molecular weight excluding hydrogens is 597 g/mol. The fraction of sp³-hybridized carbons (Fsp3) is 0.0667. The van der Waals surface area contributed by atoms with Crippen LogP contribution in [0.3, 0.4) is 0 Å². The van der Waals surface area contributed by atoms with Crippen molar-refractivity contribution in [3.05, 3.63) is 158 Å². The molecule has 230 valence electrons. The molecule has 10 rings (SSSR count). The normalized spacial score (nSPS) is 13.3. The van der Waals surface area contributed by atoms with Crippen LogP contribution in [0.2, 0.25) is 0 Å². The highest BCUT2D eigenvalue weighted by atomic mass is 14.7. The van der Waals surface area contributed by atoms with Crippen molar-refractivity contribution in [3.8, 4) is 55.9 Å². The van der Waals surface area contributed by atoms with Crippen LogP contribution in [0.4, 0.5) is 0 Å². The second kappa shape index (κ2) is 10.4. The van der Waals surface area contributed by atoms with Gasteiger partial charge in [-0.15, -0.1) is 0 Å². The molecule has 0 amide bonds. The minimum absolute atomic E-state index is 0.152. The van der Waals surface area contributed by atoms with Gasteiger partial charge in [0.05, 0.1) is 11.4 Å². The Hall–Kier alpha value is -6.26. The summed E-state index contributed by atoms with van der Waals surface area (Å²) < 4.78 is 0. The molecule has 0 aliphatic heterocycles. The summed E-state index contributed by atoms with van der Waals surface area (Å²) in [7, 11) is 0. The molecule has 49 heavy (non-hydrogen) atoms. The Morgan fingerprint density at radius 1 is 0.449 bits per heavy atom. The van der Waals surface area contributed by atoms with Gasteiger partial charge in [0.15, 0.2) is 0 Å². The van der Waals surface area contributed by atoms with E-state index >= 15 is 0 Å². The summed E-state index contributed by atoms with van der Waals surface area (Å²) in [5.74, 6) is 0. The summed E-state index contributed by atoms with van der Waals surface area (Å²) in [5.41, 5.74) is 13.7. The van der Waals surface area contributed by atoms with Crippen LogP contribution in [0.15, 0.2) is 146 Å². The fourth-order valence-corrected chi connectivity index (χ4v) is 8.00. The van der Waals surface area contributed by atoms with Crippen molar-refractivity contribution < 1.29 is 0 Å². The van der Waals surface area contributed by atoms with Crippen LogP contribution in [-0.4, -0.2) is 19.9 Å². The van der Waals surface area contributed by atoms with Gasteiger partial charge in [-0.25, -0.2) is 0 Å². The lowest BCUT2D eigenvalue weighted by Crippen LogP contribution is -2.15. The molecule has 4 aromatic heterocycles. The van der Waals surface area contributed by atoms with Crippen LogP contribution < -0.4 is 0 Å². The van der Waals surface area contributed by atoms with E-state index in [2.05, 4.69) is 109 Å². The second-order valence-electron chi connectivity index (χ2n) is 13.6. The SMILES string of the molecule is CC1(C)c2cc(-c3ccc(-c4cccnc4)nc3)ccc2-c2c1cc1ccc3c(-c4ccc(-c5cccnc5)nc4)ccc4ccc2c1c43. The topological polar surface area (TPSA) is 51.6 Å². The van der Waals surface area contributed by atoms with Crippen LogP contribution in [0.1, 0.15) is 25.0 Å². The number of aromatic nitrogens is 4. The Morgan fingerprint density at radius 3 is 1.73 bits per heavy atom. The van der Waals surface area contributed by atoms with E-state index < -0.39 is 0 Å². The first-order valence-electron chi connectivity index (χ1n) is 16.7. The minimum atomic E-state index is -0.152. The van der Waals surface area contributed by atoms with Crippen molar-refractivity contribution >= 4 is 32.3 Å². The van der Waals surface area contributed by atoms with Crippen LogP contribution >= 0.6 is 0 Å². The molecule has 9 aromatic rings. The number of pyridine rings is 4. The van der Waals surface area contributed by atoms with Crippen molar-refractivity contribution in [2.45, 2.75) is 19.3 Å². The molecule has 5 aromatic carbocycles. The summed E-state index contributed by atoms with van der Waals surface area (Å²) in [4.78, 5) is 18.1. The quantitative estimate of drug-likeness (QED) is 0.182. The molecule has 0 saturated carbocycles. The van der Waals surface area contributed by atoms with E-state index in [0.717, 1.165) is 33.6 Å². The number of rotatable bonds is 4. The number of benzene rings is 5. The lowest BCUT2D eigenvalue weighted by Gasteiger charge is -2.23. The highest BCUT2D eigenvalue weighted by Crippen LogP contribution is 2.54. The van der Waals surface area contributed by atoms with Crippen molar-refractivity contribution in [1.82, 2.24) is 19.9 Å². The molecule has 0 unspecified atom stereocenters. The summed E-state index contributed by atoms with van der Waals surface area (Å²) in [5, 5.41) is 7.75. The number of fused-ring (bicyclic) bond motifs is 4. The lowest BCUT2D eigenvalue weighted by molar-refractivity contribution is 0.661. The molecule has 0 atom stereocenters. The number of hydrogen-bond acceptors (Lipinski definition) is 4. The molecule has 0 radical (unpaired) electrons. The first-order chi connectivity index (χ1) is 24.0. The maximum atomic E-state index is 4.82. The standard InChI is InChI=1S/C45H30N4/c1-45(2)38-21-28(30-11-17-40(48-25-30)32-5-3-19-46-23-32)9-15-36(38)44-37-16-8-27-7-13-34(35-14-10-29(22-39(44)45)43(37)42(27)35)31-12-18-41(49-26-31)33-6-4-20-47-24-33/h3-26H,1-2H3. The first kappa shape index (κ1) is 27.8. The van der Waals surface area contributed by atoms with Crippen LogP contribution in [0.25, 0.3) is 88.2 Å².